The molecule has 21 atom stereocenters. The number of nitrogen functional groups attached to an aromatic ring is 3. The van der Waals surface area contributed by atoms with Gasteiger partial charge in [-0.05, 0) is 42.3 Å². The lowest BCUT2D eigenvalue weighted by Crippen LogP contribution is -2.42. The summed E-state index contributed by atoms with van der Waals surface area (Å²) in [6.45, 7) is -21.8. The van der Waals surface area contributed by atoms with Gasteiger partial charge in [0.15, 0.2) is 77.9 Å². The normalized spacial score (nSPS) is 33.0. The molecule has 5 fully saturated rings. The fourth-order valence-electron chi connectivity index (χ4n) is 10.8. The fourth-order valence-corrected chi connectivity index (χ4v) is 16.6. The van der Waals surface area contributed by atoms with E-state index in [1.807, 2.05) is 0 Å². The molecule has 93 heavy (non-hydrogen) atoms. The molecule has 0 radical (unpaired) electrons. The quantitative estimate of drug-likeness (QED) is 0.0228. The zero-order valence-corrected chi connectivity index (χ0v) is 54.2. The molecule has 0 saturated carbocycles. The van der Waals surface area contributed by atoms with Gasteiger partial charge in [-0.3, -0.25) is 46.1 Å². The number of imidazole rings is 2. The lowest BCUT2D eigenvalue weighted by molar-refractivity contribution is -0.0537. The Morgan fingerprint density at radius 1 is 0.656 bits per heavy atom. The molecule has 37 nitrogen and oxygen atoms in total. The molecule has 12 heterocycles. The van der Waals surface area contributed by atoms with Crippen LogP contribution in [-0.2, 0) is 99.9 Å². The van der Waals surface area contributed by atoms with E-state index in [-0.39, 0.29) is 83.2 Å². The number of halogens is 4. The molecule has 12 N–H and O–H groups in total. The molecule has 6 aromatic heterocycles. The smallest absolute Gasteiger partial charge is 0.386 e. The van der Waals surface area contributed by atoms with Gasteiger partial charge in [0.05, 0.1) is 65.1 Å². The lowest BCUT2D eigenvalue weighted by atomic mass is 10.1. The minimum absolute atomic E-state index is 0.000762. The molecular formula is C44H55F4N17O20P4S4. The standard InChI is InChI=1S/C44H55F4N17O20P4S4/c1-16-3-62(44(68)61-40(16)67)24-2-18(66)20(78-24)6-74-87(70,91)83-32-22(80-42(26(32)47)64-14-59-29-35(50)53-11-56-38(29)64)8-76-89(72,93)85-33-23(81-43(27(33)48)65-15-60-30-36(51)54-12-57-39(30)65)9-77-88(71,92)84-31-21(7-75-86(69,90)82-19-5-73-4-17(19)45)79-41(25(31)46)63-13-58-28-34(49)52-10-55-37(28)63/h3,10-12,14-15,17-27,31-33,41-43,58,66H,2,4-9,13H2,1H3,(H,69,90)(H,70,91)(H,71,92)(H,72,93)(H2,49,52,55)(H2,50,53,56)(H2,51,54,57)(H,61,67,68)/t17-,18-,19+,20+,21?,22+,23+,24+,25+,26+,27+,31+,32+,33+,41+,42+,43+,86?,87?,88?,89?/m0/s1. The van der Waals surface area contributed by atoms with Crippen LogP contribution in [0.5, 0.6) is 0 Å². The second-order valence-electron chi connectivity index (χ2n) is 21.3. The summed E-state index contributed by atoms with van der Waals surface area (Å²) in [6, 6.07) is 0. The van der Waals surface area contributed by atoms with Gasteiger partial charge in [0.1, 0.15) is 90.8 Å². The fraction of sp³-hybridized carbons (Fsp3) is 0.591. The number of fused-ring (bicyclic) bond motifs is 3. The number of rotatable bonds is 24. The molecule has 0 amide bonds. The van der Waals surface area contributed by atoms with Crippen molar-refractivity contribution in [3.05, 3.63) is 64.2 Å². The van der Waals surface area contributed by atoms with Crippen molar-refractivity contribution in [2.45, 2.75) is 118 Å². The number of H-pyrrole nitrogens is 1. The summed E-state index contributed by atoms with van der Waals surface area (Å²) in [7, 11) is 0. The zero-order chi connectivity index (χ0) is 66.2. The van der Waals surface area contributed by atoms with Crippen molar-refractivity contribution in [1.29, 1.82) is 0 Å². The first-order valence-corrected chi connectivity index (χ1v) is 37.9. The number of nitrogens with one attached hydrogen (secondary N) is 2. The highest BCUT2D eigenvalue weighted by atomic mass is 32.7. The Kier molecular flexibility index (Phi) is 19.9. The predicted molar refractivity (Wildman–Crippen MR) is 324 cm³/mol. The molecule has 0 bridgehead atoms. The van der Waals surface area contributed by atoms with Crippen LogP contribution in [0.1, 0.15) is 30.7 Å². The van der Waals surface area contributed by atoms with E-state index in [0.29, 0.717) is 0 Å². The topological polar surface area (TPSA) is 479 Å². The molecule has 0 spiro atoms. The Hall–Kier alpha value is -4.57. The Balaban J connectivity index is 0.769. The Labute approximate surface area is 539 Å². The number of thiol groups is 1. The SMILES string of the molecule is Cc1cn([C@H]2C[C@H](O)[C@@H](COP(O)(=S)O[C@H]3[C@@H](F)[C@H](n4cnc5c(N)ncnc54)O[C@@H]3COP(=O)(S)O[C@H]3[C@@H](F)[C@H](n4cnc5c(N)ncnc54)O[C@@H]3COP(O)(=S)O[C@@H]3C(COP(O)(=S)O[C@@H]4COC[C@@H]4F)O[C@@H](N4CNc5c(N)ncnc54)[C@@H]3F)O2)c(=O)[nH]c1=O. The van der Waals surface area contributed by atoms with Gasteiger partial charge in [-0.25, -0.2) is 66.8 Å². The van der Waals surface area contributed by atoms with Crippen LogP contribution in [0.15, 0.2) is 47.4 Å². The summed E-state index contributed by atoms with van der Waals surface area (Å²) in [4.78, 5) is 94.7. The van der Waals surface area contributed by atoms with Gasteiger partial charge in [-0.1, -0.05) is 12.2 Å². The zero-order valence-electron chi connectivity index (χ0n) is 47.3. The van der Waals surface area contributed by atoms with Gasteiger partial charge in [-0.2, -0.15) is 0 Å². The van der Waals surface area contributed by atoms with Crippen LogP contribution in [0, 0.1) is 6.92 Å². The summed E-state index contributed by atoms with van der Waals surface area (Å²) in [5.74, 6) is -0.113. The van der Waals surface area contributed by atoms with Crippen molar-refractivity contribution in [3.8, 4) is 0 Å². The van der Waals surface area contributed by atoms with E-state index in [0.717, 1.165) is 45.3 Å². The largest absolute Gasteiger partial charge is 0.390 e. The average molecular weight is 1470 g/mol. The molecule has 5 saturated heterocycles. The number of anilines is 5. The van der Waals surface area contributed by atoms with Crippen molar-refractivity contribution in [2.24, 2.45) is 0 Å². The van der Waals surface area contributed by atoms with Gasteiger partial charge >= 0.3 is 32.6 Å². The van der Waals surface area contributed by atoms with Crippen molar-refractivity contribution < 1.29 is 102 Å². The number of ether oxygens (including phenoxy) is 5. The van der Waals surface area contributed by atoms with Crippen molar-refractivity contribution in [2.75, 3.05) is 73.7 Å². The number of aryl methyl sites for hydroxylation is 1. The number of nitrogens with two attached hydrogens (primary N) is 3. The van der Waals surface area contributed by atoms with Gasteiger partial charge in [0.25, 0.3) is 5.56 Å². The first-order valence-electron chi connectivity index (χ1n) is 27.4. The summed E-state index contributed by atoms with van der Waals surface area (Å²) in [5, 5.41) is 13.8. The number of aromatic nitrogens is 12. The first-order chi connectivity index (χ1) is 44.0. The molecule has 0 aliphatic carbocycles. The third-order valence-corrected chi connectivity index (χ3v) is 21.6. The molecular weight excluding hydrogens is 1410 g/mol. The number of aliphatic hydroxyl groups excluding tert-OH is 1. The molecule has 508 valence electrons. The maximum absolute atomic E-state index is 17.4. The lowest BCUT2D eigenvalue weighted by Gasteiger charge is -2.28. The number of hydrogen-bond donors (Lipinski definition) is 10. The highest BCUT2D eigenvalue weighted by Gasteiger charge is 2.56. The molecule has 49 heteroatoms. The van der Waals surface area contributed by atoms with Crippen LogP contribution < -0.4 is 38.7 Å². The van der Waals surface area contributed by atoms with Gasteiger partial charge in [0.2, 0.25) is 0 Å². The van der Waals surface area contributed by atoms with E-state index >= 15 is 13.2 Å². The number of aromatic amines is 1. The van der Waals surface area contributed by atoms with Crippen molar-refractivity contribution in [1.82, 2.24) is 58.6 Å². The second-order valence-corrected chi connectivity index (χ2v) is 32.6. The summed E-state index contributed by atoms with van der Waals surface area (Å²) in [6.07, 6.45) is -23.8. The van der Waals surface area contributed by atoms with E-state index in [2.05, 4.69) is 62.4 Å². The van der Waals surface area contributed by atoms with Crippen LogP contribution in [0.2, 0.25) is 0 Å². The highest BCUT2D eigenvalue weighted by Crippen LogP contribution is 2.59. The van der Waals surface area contributed by atoms with Crippen LogP contribution in [0.25, 0.3) is 22.3 Å². The van der Waals surface area contributed by atoms with Crippen LogP contribution >= 0.6 is 39.2 Å². The summed E-state index contributed by atoms with van der Waals surface area (Å²) >= 11 is 20.0. The number of hydrogen-bond acceptors (Lipinski definition) is 33. The Morgan fingerprint density at radius 2 is 1.15 bits per heavy atom. The molecule has 6 aliphatic rings. The van der Waals surface area contributed by atoms with E-state index in [9.17, 15) is 38.3 Å². The number of nitrogens with zero attached hydrogens (tertiary/aromatic N) is 12. The number of alkyl halides is 4. The maximum Gasteiger partial charge on any atom is 0.386 e. The van der Waals surface area contributed by atoms with Crippen LogP contribution in [0.3, 0.4) is 0 Å². The third-order valence-electron chi connectivity index (χ3n) is 15.2. The Morgan fingerprint density at radius 3 is 1.71 bits per heavy atom. The molecule has 0 aromatic carbocycles. The Bertz CT molecular complexity index is 4110. The molecule has 6 aromatic rings. The molecule has 12 rings (SSSR count). The minimum atomic E-state index is -5.06. The van der Waals surface area contributed by atoms with E-state index in [1.54, 1.807) is 0 Å². The second kappa shape index (κ2) is 27.0. The predicted octanol–water partition coefficient (Wildman–Crippen LogP) is 0.797. The van der Waals surface area contributed by atoms with Crippen molar-refractivity contribution >= 4 is 126 Å². The summed E-state index contributed by atoms with van der Waals surface area (Å²) < 4.78 is 158. The average Bonchev–Trinajstić information content (AvgIpc) is 1.63. The van der Waals surface area contributed by atoms with Gasteiger partial charge in [-0.15, -0.1) is 0 Å². The first kappa shape index (κ1) is 68.4. The van der Waals surface area contributed by atoms with Crippen LogP contribution in [-0.4, -0.2) is 211 Å². The van der Waals surface area contributed by atoms with Crippen molar-refractivity contribution in [3.63, 3.8) is 0 Å². The summed E-state index contributed by atoms with van der Waals surface area (Å²) in [5.41, 5.74) is 16.9. The van der Waals surface area contributed by atoms with E-state index in [4.69, 9.17) is 112 Å². The van der Waals surface area contributed by atoms with Gasteiger partial charge < -0.3 is 84.5 Å². The van der Waals surface area contributed by atoms with Crippen LogP contribution in [0.4, 0.5) is 46.5 Å². The minimum Gasteiger partial charge on any atom is -0.390 e. The molecule has 5 unspecified atom stereocenters. The van der Waals surface area contributed by atoms with E-state index < -0.39 is 169 Å². The highest BCUT2D eigenvalue weighted by molar-refractivity contribution is 8.44. The third kappa shape index (κ3) is 14.4. The van der Waals surface area contributed by atoms with Gasteiger partial charge in [0, 0.05) is 18.2 Å². The number of aliphatic hydroxyl groups is 1. The molecule has 6 aliphatic heterocycles. The van der Waals surface area contributed by atoms with E-state index in [1.165, 1.54) is 18.0 Å². The maximum atomic E-state index is 17.4. The monoisotopic (exact) mass is 1470 g/mol.